The zero-order valence-corrected chi connectivity index (χ0v) is 19.1. The van der Waals surface area contributed by atoms with Gasteiger partial charge in [0.15, 0.2) is 11.0 Å². The van der Waals surface area contributed by atoms with E-state index in [4.69, 9.17) is 10.1 Å². The average Bonchev–Trinajstić information content (AvgIpc) is 3.32. The summed E-state index contributed by atoms with van der Waals surface area (Å²) < 4.78 is 7.56. The van der Waals surface area contributed by atoms with Crippen LogP contribution >= 0.6 is 11.8 Å². The second kappa shape index (κ2) is 8.07. The molecule has 4 heterocycles. The third-order valence-electron chi connectivity index (χ3n) is 5.76. The molecule has 1 aromatic heterocycles. The first-order chi connectivity index (χ1) is 15.4. The SMILES string of the molecule is Cc1cccc(-n2c(C)cc(/C=C3/C(=N)N4N=C(N5CCOCC5)SC4=NC3=O)c2C)c1. The highest BCUT2D eigenvalue weighted by Gasteiger charge is 2.37. The van der Waals surface area contributed by atoms with E-state index in [9.17, 15) is 4.79 Å². The first kappa shape index (κ1) is 20.7. The van der Waals surface area contributed by atoms with Gasteiger partial charge in [0.1, 0.15) is 0 Å². The van der Waals surface area contributed by atoms with Crippen molar-refractivity contribution in [1.29, 1.82) is 5.41 Å². The van der Waals surface area contributed by atoms with Gasteiger partial charge in [-0.3, -0.25) is 10.2 Å². The molecular formula is C23H24N6O2S. The van der Waals surface area contributed by atoms with Crippen LogP contribution in [0, 0.1) is 26.2 Å². The number of amidine groups is 3. The van der Waals surface area contributed by atoms with Gasteiger partial charge in [-0.2, -0.15) is 10.0 Å². The number of nitrogens with zero attached hydrogens (tertiary/aromatic N) is 5. The molecule has 1 fully saturated rings. The van der Waals surface area contributed by atoms with E-state index in [1.807, 2.05) is 26.0 Å². The largest absolute Gasteiger partial charge is 0.378 e. The third kappa shape index (κ3) is 3.57. The molecule has 164 valence electrons. The number of aryl methyl sites for hydroxylation is 2. The van der Waals surface area contributed by atoms with Crippen LogP contribution in [0.15, 0.2) is 46.0 Å². The van der Waals surface area contributed by atoms with Crippen LogP contribution in [0.3, 0.4) is 0 Å². The third-order valence-corrected chi connectivity index (χ3v) is 6.72. The maximum absolute atomic E-state index is 12.8. The van der Waals surface area contributed by atoms with Gasteiger partial charge in [-0.15, -0.1) is 5.10 Å². The Morgan fingerprint density at radius 3 is 2.66 bits per heavy atom. The quantitative estimate of drug-likeness (QED) is 0.713. The first-order valence-electron chi connectivity index (χ1n) is 10.5. The summed E-state index contributed by atoms with van der Waals surface area (Å²) in [4.78, 5) is 19.2. The predicted molar refractivity (Wildman–Crippen MR) is 127 cm³/mol. The minimum absolute atomic E-state index is 0.0520. The second-order valence-electron chi connectivity index (χ2n) is 8.00. The normalized spacial score (nSPS) is 20.0. The van der Waals surface area contributed by atoms with Crippen molar-refractivity contribution in [3.63, 3.8) is 0 Å². The van der Waals surface area contributed by atoms with E-state index in [1.54, 1.807) is 6.08 Å². The smallest absolute Gasteiger partial charge is 0.283 e. The van der Waals surface area contributed by atoms with Crippen molar-refractivity contribution in [2.45, 2.75) is 20.8 Å². The number of carbonyl (C=O) groups is 1. The van der Waals surface area contributed by atoms with E-state index in [0.29, 0.717) is 18.4 Å². The van der Waals surface area contributed by atoms with Crippen molar-refractivity contribution < 1.29 is 9.53 Å². The number of thioether (sulfide) groups is 1. The van der Waals surface area contributed by atoms with Gasteiger partial charge in [0.2, 0.25) is 5.17 Å². The zero-order chi connectivity index (χ0) is 22.4. The van der Waals surface area contributed by atoms with Gasteiger partial charge in [0.05, 0.1) is 18.8 Å². The molecule has 1 aromatic carbocycles. The lowest BCUT2D eigenvalue weighted by atomic mass is 10.1. The fraction of sp³-hybridized carbons (Fsp3) is 0.304. The molecule has 8 nitrogen and oxygen atoms in total. The Labute approximate surface area is 190 Å². The van der Waals surface area contributed by atoms with Crippen LogP contribution in [0.5, 0.6) is 0 Å². The van der Waals surface area contributed by atoms with Crippen LogP contribution in [-0.4, -0.2) is 62.9 Å². The Morgan fingerprint density at radius 2 is 1.91 bits per heavy atom. The summed E-state index contributed by atoms with van der Waals surface area (Å²) in [6.07, 6.45) is 1.76. The van der Waals surface area contributed by atoms with Crippen molar-refractivity contribution in [2.24, 2.45) is 10.1 Å². The molecule has 0 radical (unpaired) electrons. The molecule has 1 saturated heterocycles. The van der Waals surface area contributed by atoms with E-state index in [1.165, 1.54) is 22.3 Å². The number of hydrogen-bond acceptors (Lipinski definition) is 6. The van der Waals surface area contributed by atoms with E-state index in [0.717, 1.165) is 40.9 Å². The molecule has 0 bridgehead atoms. The lowest BCUT2D eigenvalue weighted by molar-refractivity contribution is -0.114. The van der Waals surface area contributed by atoms with Crippen LogP contribution in [0.4, 0.5) is 0 Å². The molecule has 0 atom stereocenters. The summed E-state index contributed by atoms with van der Waals surface area (Å²) in [5.41, 5.74) is 5.45. The highest BCUT2D eigenvalue weighted by Crippen LogP contribution is 2.31. The summed E-state index contributed by atoms with van der Waals surface area (Å²) in [5, 5.41) is 15.9. The molecule has 0 unspecified atom stereocenters. The number of nitrogens with one attached hydrogen (secondary N) is 1. The summed E-state index contributed by atoms with van der Waals surface area (Å²) in [7, 11) is 0. The number of morpholine rings is 1. The minimum Gasteiger partial charge on any atom is -0.378 e. The van der Waals surface area contributed by atoms with Crippen LogP contribution < -0.4 is 0 Å². The number of aromatic nitrogens is 1. The van der Waals surface area contributed by atoms with E-state index < -0.39 is 5.91 Å². The minimum atomic E-state index is -0.410. The molecular weight excluding hydrogens is 424 g/mol. The van der Waals surface area contributed by atoms with Gasteiger partial charge in [-0.05, 0) is 67.9 Å². The Balaban J connectivity index is 1.48. The van der Waals surface area contributed by atoms with Crippen LogP contribution in [-0.2, 0) is 9.53 Å². The van der Waals surface area contributed by atoms with Gasteiger partial charge < -0.3 is 14.2 Å². The Bertz CT molecular complexity index is 1220. The maximum Gasteiger partial charge on any atom is 0.283 e. The number of hydrazone groups is 1. The van der Waals surface area contributed by atoms with Gasteiger partial charge in [0, 0.05) is 30.2 Å². The average molecular weight is 449 g/mol. The number of ether oxygens (including phenoxy) is 1. The molecule has 3 aliphatic heterocycles. The lowest BCUT2D eigenvalue weighted by Crippen LogP contribution is -2.39. The molecule has 0 aliphatic carbocycles. The van der Waals surface area contributed by atoms with Crippen molar-refractivity contribution in [1.82, 2.24) is 14.5 Å². The Hall–Kier alpha value is -3.17. The molecule has 2 aromatic rings. The molecule has 3 aliphatic rings. The van der Waals surface area contributed by atoms with E-state index in [2.05, 4.69) is 44.7 Å². The first-order valence-corrected chi connectivity index (χ1v) is 11.3. The van der Waals surface area contributed by atoms with Gasteiger partial charge in [-0.1, -0.05) is 12.1 Å². The molecule has 0 spiro atoms. The second-order valence-corrected chi connectivity index (χ2v) is 8.94. The summed E-state index contributed by atoms with van der Waals surface area (Å²) in [6.45, 7) is 8.89. The Morgan fingerprint density at radius 1 is 1.12 bits per heavy atom. The fourth-order valence-corrected chi connectivity index (χ4v) is 5.06. The van der Waals surface area contributed by atoms with Crippen molar-refractivity contribution >= 4 is 39.9 Å². The number of aliphatic imine (C=N–C) groups is 1. The zero-order valence-electron chi connectivity index (χ0n) is 18.3. The van der Waals surface area contributed by atoms with Crippen LogP contribution in [0.2, 0.25) is 0 Å². The number of fused-ring (bicyclic) bond motifs is 1. The molecule has 5 rings (SSSR count). The number of benzene rings is 1. The van der Waals surface area contributed by atoms with Gasteiger partial charge in [-0.25, -0.2) is 0 Å². The van der Waals surface area contributed by atoms with Gasteiger partial charge in [0.25, 0.3) is 5.91 Å². The topological polar surface area (TPSA) is 86.3 Å². The standard InChI is InChI=1S/C23H24N6O2S/c1-14-5-4-6-18(11-14)28-15(2)12-17(16(28)3)13-19-20(24)29-22(25-21(19)30)32-23(26-29)27-7-9-31-10-8-27/h4-6,11-13,24H,7-10H2,1-3H3/b19-13-,24-20?. The van der Waals surface area contributed by atoms with Crippen LogP contribution in [0.25, 0.3) is 11.8 Å². The molecule has 1 amide bonds. The van der Waals surface area contributed by atoms with Gasteiger partial charge >= 0.3 is 0 Å². The van der Waals surface area contributed by atoms with E-state index >= 15 is 0 Å². The number of hydrogen-bond donors (Lipinski definition) is 1. The fourth-order valence-electron chi connectivity index (χ4n) is 4.12. The monoisotopic (exact) mass is 448 g/mol. The molecule has 9 heteroatoms. The van der Waals surface area contributed by atoms with E-state index in [-0.39, 0.29) is 11.4 Å². The molecule has 0 saturated carbocycles. The van der Waals surface area contributed by atoms with Crippen molar-refractivity contribution in [3.8, 4) is 5.69 Å². The maximum atomic E-state index is 12.8. The highest BCUT2D eigenvalue weighted by molar-refractivity contribution is 8.26. The van der Waals surface area contributed by atoms with Crippen molar-refractivity contribution in [3.05, 3.63) is 58.4 Å². The van der Waals surface area contributed by atoms with Crippen LogP contribution in [0.1, 0.15) is 22.5 Å². The summed E-state index contributed by atoms with van der Waals surface area (Å²) in [5.74, 6) is -0.358. The molecule has 1 N–H and O–H groups in total. The lowest BCUT2D eigenvalue weighted by Gasteiger charge is -2.26. The number of carbonyl (C=O) groups excluding carboxylic acids is 1. The number of rotatable bonds is 2. The highest BCUT2D eigenvalue weighted by atomic mass is 32.2. The Kier molecular flexibility index (Phi) is 5.22. The number of amides is 1. The van der Waals surface area contributed by atoms with Crippen molar-refractivity contribution in [2.75, 3.05) is 26.3 Å². The molecule has 32 heavy (non-hydrogen) atoms. The summed E-state index contributed by atoms with van der Waals surface area (Å²) in [6, 6.07) is 10.3. The predicted octanol–water partition coefficient (Wildman–Crippen LogP) is 3.31. The summed E-state index contributed by atoms with van der Waals surface area (Å²) >= 11 is 1.33.